The van der Waals surface area contributed by atoms with E-state index in [-0.39, 0.29) is 0 Å². The van der Waals surface area contributed by atoms with Crippen LogP contribution in [0.4, 0.5) is 0 Å². The van der Waals surface area contributed by atoms with E-state index in [9.17, 15) is 0 Å². The van der Waals surface area contributed by atoms with Crippen LogP contribution in [-0.2, 0) is 0 Å². The number of halogens is 1. The number of nitrogen functional groups attached to an aromatic ring is 1. The lowest BCUT2D eigenvalue weighted by Crippen LogP contribution is -2.11. The minimum Gasteiger partial charge on any atom is -0.335 e. The highest BCUT2D eigenvalue weighted by Gasteiger charge is 2.11. The molecule has 0 amide bonds. The minimum atomic E-state index is 0.621. The first kappa shape index (κ1) is 15.6. The van der Waals surface area contributed by atoms with E-state index in [1.165, 1.54) is 22.0 Å². The van der Waals surface area contributed by atoms with Crippen LogP contribution in [0, 0.1) is 0 Å². The van der Waals surface area contributed by atoms with Gasteiger partial charge in [0.25, 0.3) is 0 Å². The van der Waals surface area contributed by atoms with E-state index in [4.69, 9.17) is 17.4 Å². The van der Waals surface area contributed by atoms with E-state index in [2.05, 4.69) is 34.5 Å². The Labute approximate surface area is 144 Å². The van der Waals surface area contributed by atoms with Gasteiger partial charge in [-0.25, -0.2) is 4.68 Å². The number of nitrogens with zero attached hydrogens (tertiary/aromatic N) is 3. The van der Waals surface area contributed by atoms with Gasteiger partial charge in [0.2, 0.25) is 5.16 Å². The van der Waals surface area contributed by atoms with Crippen LogP contribution in [0.2, 0.25) is 5.02 Å². The van der Waals surface area contributed by atoms with E-state index in [1.54, 1.807) is 12.1 Å². The smallest absolute Gasteiger partial charge is 0.210 e. The number of thioether (sulfide) groups is 1. The SMILES string of the molecule is Nn1c(SC/C=C/c2ccccc2)nnc1-c1ccc(Cl)cc1. The molecule has 0 saturated carbocycles. The summed E-state index contributed by atoms with van der Waals surface area (Å²) in [6.45, 7) is 0. The Morgan fingerprint density at radius 2 is 1.78 bits per heavy atom. The lowest BCUT2D eigenvalue weighted by Gasteiger charge is -2.02. The Morgan fingerprint density at radius 3 is 2.52 bits per heavy atom. The molecule has 0 aliphatic heterocycles. The molecule has 0 aliphatic rings. The van der Waals surface area contributed by atoms with E-state index >= 15 is 0 Å². The second kappa shape index (κ2) is 7.35. The molecule has 0 aliphatic carbocycles. The molecule has 1 heterocycles. The normalized spacial score (nSPS) is 11.2. The molecule has 3 aromatic rings. The largest absolute Gasteiger partial charge is 0.335 e. The lowest BCUT2D eigenvalue weighted by molar-refractivity contribution is 0.851. The fraction of sp³-hybridized carbons (Fsp3) is 0.0588. The van der Waals surface area contributed by atoms with Crippen molar-refractivity contribution < 1.29 is 0 Å². The van der Waals surface area contributed by atoms with E-state index in [0.717, 1.165) is 11.3 Å². The zero-order chi connectivity index (χ0) is 16.1. The predicted octanol–water partition coefficient (Wildman–Crippen LogP) is 4.12. The Bertz CT molecular complexity index is 797. The monoisotopic (exact) mass is 342 g/mol. The lowest BCUT2D eigenvalue weighted by atomic mass is 10.2. The average Bonchev–Trinajstić information content (AvgIpc) is 2.94. The summed E-state index contributed by atoms with van der Waals surface area (Å²) in [6.07, 6.45) is 4.15. The first-order chi connectivity index (χ1) is 11.2. The molecule has 2 N–H and O–H groups in total. The van der Waals surface area contributed by atoms with Crippen molar-refractivity contribution in [3.63, 3.8) is 0 Å². The highest BCUT2D eigenvalue weighted by Crippen LogP contribution is 2.23. The van der Waals surface area contributed by atoms with Gasteiger partial charge < -0.3 is 5.84 Å². The van der Waals surface area contributed by atoms with Crippen molar-refractivity contribution in [3.05, 3.63) is 71.3 Å². The van der Waals surface area contributed by atoms with Crippen molar-refractivity contribution in [1.82, 2.24) is 14.9 Å². The van der Waals surface area contributed by atoms with Crippen molar-refractivity contribution in [1.29, 1.82) is 0 Å². The van der Waals surface area contributed by atoms with Gasteiger partial charge in [-0.15, -0.1) is 10.2 Å². The molecule has 0 saturated heterocycles. The third kappa shape index (κ3) is 3.94. The summed E-state index contributed by atoms with van der Waals surface area (Å²) in [6, 6.07) is 17.5. The van der Waals surface area contributed by atoms with Crippen molar-refractivity contribution in [3.8, 4) is 11.4 Å². The van der Waals surface area contributed by atoms with Crippen LogP contribution < -0.4 is 5.84 Å². The van der Waals surface area contributed by atoms with Gasteiger partial charge in [-0.3, -0.25) is 0 Å². The summed E-state index contributed by atoms with van der Waals surface area (Å²) in [5.41, 5.74) is 2.06. The zero-order valence-corrected chi connectivity index (χ0v) is 13.8. The Balaban J connectivity index is 1.65. The van der Waals surface area contributed by atoms with Gasteiger partial charge >= 0.3 is 0 Å². The number of nitrogens with two attached hydrogens (primary N) is 1. The van der Waals surface area contributed by atoms with Gasteiger partial charge in [0.15, 0.2) is 5.82 Å². The Hall–Kier alpha value is -2.24. The molecule has 3 rings (SSSR count). The molecule has 0 spiro atoms. The van der Waals surface area contributed by atoms with E-state index in [0.29, 0.717) is 16.0 Å². The van der Waals surface area contributed by atoms with Crippen molar-refractivity contribution in [2.24, 2.45) is 0 Å². The Morgan fingerprint density at radius 1 is 1.04 bits per heavy atom. The quantitative estimate of drug-likeness (QED) is 0.559. The van der Waals surface area contributed by atoms with Crippen LogP contribution in [0.1, 0.15) is 5.56 Å². The molecule has 0 atom stereocenters. The van der Waals surface area contributed by atoms with Crippen molar-refractivity contribution in [2.75, 3.05) is 11.6 Å². The standard InChI is InChI=1S/C17H15ClN4S/c18-15-10-8-14(9-11-15)16-20-21-17(22(16)19)23-12-4-7-13-5-2-1-3-6-13/h1-11H,12,19H2/b7-4+. The van der Waals surface area contributed by atoms with Crippen LogP contribution in [0.5, 0.6) is 0 Å². The third-order valence-corrected chi connectivity index (χ3v) is 4.33. The van der Waals surface area contributed by atoms with Gasteiger partial charge in [-0.05, 0) is 29.8 Å². The summed E-state index contributed by atoms with van der Waals surface area (Å²) in [7, 11) is 0. The number of rotatable bonds is 5. The summed E-state index contributed by atoms with van der Waals surface area (Å²) in [5.74, 6) is 7.47. The van der Waals surface area contributed by atoms with E-state index in [1.807, 2.05) is 30.3 Å². The number of benzene rings is 2. The second-order valence-corrected chi connectivity index (χ2v) is 6.23. The minimum absolute atomic E-state index is 0.621. The van der Waals surface area contributed by atoms with Crippen molar-refractivity contribution >= 4 is 29.4 Å². The van der Waals surface area contributed by atoms with Crippen LogP contribution in [-0.4, -0.2) is 20.6 Å². The van der Waals surface area contributed by atoms with Gasteiger partial charge in [0, 0.05) is 16.3 Å². The summed E-state index contributed by atoms with van der Waals surface area (Å²) in [4.78, 5) is 0. The summed E-state index contributed by atoms with van der Waals surface area (Å²) >= 11 is 7.43. The summed E-state index contributed by atoms with van der Waals surface area (Å²) < 4.78 is 1.50. The number of hydrogen-bond donors (Lipinski definition) is 1. The molecule has 23 heavy (non-hydrogen) atoms. The second-order valence-electron chi connectivity index (χ2n) is 4.81. The highest BCUT2D eigenvalue weighted by molar-refractivity contribution is 7.99. The van der Waals surface area contributed by atoms with Gasteiger partial charge in [0.1, 0.15) is 0 Å². The van der Waals surface area contributed by atoms with Crippen LogP contribution in [0.15, 0.2) is 65.8 Å². The molecule has 6 heteroatoms. The fourth-order valence-electron chi connectivity index (χ4n) is 2.04. The van der Waals surface area contributed by atoms with Gasteiger partial charge in [-0.2, -0.15) is 0 Å². The molecule has 116 valence electrons. The first-order valence-electron chi connectivity index (χ1n) is 7.05. The van der Waals surface area contributed by atoms with Crippen LogP contribution in [0.25, 0.3) is 17.5 Å². The maximum atomic E-state index is 6.08. The average molecular weight is 343 g/mol. The number of hydrogen-bond acceptors (Lipinski definition) is 4. The zero-order valence-electron chi connectivity index (χ0n) is 12.3. The maximum absolute atomic E-state index is 6.08. The topological polar surface area (TPSA) is 56.7 Å². The molecule has 0 unspecified atom stereocenters. The fourth-order valence-corrected chi connectivity index (χ4v) is 2.83. The molecule has 0 bridgehead atoms. The van der Waals surface area contributed by atoms with Crippen molar-refractivity contribution in [2.45, 2.75) is 5.16 Å². The van der Waals surface area contributed by atoms with E-state index < -0.39 is 0 Å². The highest BCUT2D eigenvalue weighted by atomic mass is 35.5. The Kier molecular flexibility index (Phi) is 5.00. The van der Waals surface area contributed by atoms with Gasteiger partial charge in [-0.1, -0.05) is 65.8 Å². The maximum Gasteiger partial charge on any atom is 0.210 e. The predicted molar refractivity (Wildman–Crippen MR) is 96.8 cm³/mol. The molecule has 1 aromatic heterocycles. The molecule has 0 fully saturated rings. The first-order valence-corrected chi connectivity index (χ1v) is 8.41. The van der Waals surface area contributed by atoms with Gasteiger partial charge in [0.05, 0.1) is 0 Å². The molecular formula is C17H15ClN4S. The molecular weight excluding hydrogens is 328 g/mol. The van der Waals surface area contributed by atoms with Crippen LogP contribution in [0.3, 0.4) is 0 Å². The van der Waals surface area contributed by atoms with Crippen LogP contribution >= 0.6 is 23.4 Å². The third-order valence-electron chi connectivity index (χ3n) is 3.19. The molecule has 0 radical (unpaired) electrons. The molecule has 4 nitrogen and oxygen atoms in total. The molecule has 2 aromatic carbocycles. The number of aromatic nitrogens is 3. The summed E-state index contributed by atoms with van der Waals surface area (Å²) in [5, 5.41) is 9.65.